The summed E-state index contributed by atoms with van der Waals surface area (Å²) in [6.07, 6.45) is 3.13. The molecule has 0 atom stereocenters. The number of carbonyl (C=O) groups excluding carboxylic acids is 2. The SMILES string of the molecule is Cc1ccccc1NC(=O)C(=O)N/N=C/c1cn(-c2ccccc2)nc1-c1ccc(F)cc1. The van der Waals surface area contributed by atoms with Gasteiger partial charge in [-0.25, -0.2) is 14.5 Å². The Balaban J connectivity index is 1.54. The minimum atomic E-state index is -0.909. The lowest BCUT2D eigenvalue weighted by Crippen LogP contribution is -2.32. The van der Waals surface area contributed by atoms with Gasteiger partial charge in [0.2, 0.25) is 0 Å². The molecule has 0 saturated carbocycles. The number of nitrogens with one attached hydrogen (secondary N) is 2. The summed E-state index contributed by atoms with van der Waals surface area (Å²) in [6.45, 7) is 1.83. The van der Waals surface area contributed by atoms with Gasteiger partial charge in [0.05, 0.1) is 11.9 Å². The molecule has 4 aromatic rings. The monoisotopic (exact) mass is 441 g/mol. The molecule has 0 bridgehead atoms. The van der Waals surface area contributed by atoms with Gasteiger partial charge in [0.1, 0.15) is 11.5 Å². The van der Waals surface area contributed by atoms with Crippen molar-refractivity contribution >= 4 is 23.7 Å². The number of para-hydroxylation sites is 2. The second-order valence-corrected chi connectivity index (χ2v) is 7.19. The zero-order chi connectivity index (χ0) is 23.2. The van der Waals surface area contributed by atoms with Gasteiger partial charge in [0.15, 0.2) is 0 Å². The fraction of sp³-hybridized carbons (Fsp3) is 0.0400. The van der Waals surface area contributed by atoms with Crippen LogP contribution in [0.1, 0.15) is 11.1 Å². The van der Waals surface area contributed by atoms with Crippen LogP contribution in [-0.4, -0.2) is 27.8 Å². The van der Waals surface area contributed by atoms with Crippen LogP contribution < -0.4 is 10.7 Å². The van der Waals surface area contributed by atoms with Crippen molar-refractivity contribution in [1.82, 2.24) is 15.2 Å². The van der Waals surface area contributed by atoms with E-state index in [0.29, 0.717) is 22.5 Å². The van der Waals surface area contributed by atoms with Crippen molar-refractivity contribution in [3.63, 3.8) is 0 Å². The third-order valence-electron chi connectivity index (χ3n) is 4.85. The average molecular weight is 441 g/mol. The Morgan fingerprint density at radius 2 is 1.64 bits per heavy atom. The third kappa shape index (κ3) is 5.19. The Bertz CT molecular complexity index is 1310. The normalized spacial score (nSPS) is 10.8. The number of nitrogens with zero attached hydrogens (tertiary/aromatic N) is 3. The Morgan fingerprint density at radius 1 is 0.939 bits per heavy atom. The molecule has 0 unspecified atom stereocenters. The first kappa shape index (κ1) is 21.6. The van der Waals surface area contributed by atoms with E-state index < -0.39 is 11.8 Å². The fourth-order valence-corrected chi connectivity index (χ4v) is 3.13. The lowest BCUT2D eigenvalue weighted by molar-refractivity contribution is -0.136. The summed E-state index contributed by atoms with van der Waals surface area (Å²) < 4.78 is 15.0. The highest BCUT2D eigenvalue weighted by Gasteiger charge is 2.15. The molecule has 33 heavy (non-hydrogen) atoms. The molecule has 8 heteroatoms. The first-order valence-corrected chi connectivity index (χ1v) is 10.1. The number of rotatable bonds is 5. The molecular weight excluding hydrogens is 421 g/mol. The molecule has 0 aliphatic heterocycles. The Kier molecular flexibility index (Phi) is 6.36. The van der Waals surface area contributed by atoms with Gasteiger partial charge >= 0.3 is 11.8 Å². The van der Waals surface area contributed by atoms with E-state index in [1.807, 2.05) is 49.4 Å². The van der Waals surface area contributed by atoms with Gasteiger partial charge in [0, 0.05) is 23.0 Å². The van der Waals surface area contributed by atoms with Crippen molar-refractivity contribution < 1.29 is 14.0 Å². The van der Waals surface area contributed by atoms with Gasteiger partial charge in [-0.3, -0.25) is 9.59 Å². The van der Waals surface area contributed by atoms with Crippen LogP contribution in [0, 0.1) is 12.7 Å². The smallest absolute Gasteiger partial charge is 0.317 e. The van der Waals surface area contributed by atoms with Crippen LogP contribution in [0.3, 0.4) is 0 Å². The predicted octanol–water partition coefficient (Wildman–Crippen LogP) is 4.08. The molecule has 0 saturated heterocycles. The maximum atomic E-state index is 13.4. The van der Waals surface area contributed by atoms with Crippen molar-refractivity contribution in [2.24, 2.45) is 5.10 Å². The van der Waals surface area contributed by atoms with Gasteiger partial charge < -0.3 is 5.32 Å². The quantitative estimate of drug-likeness (QED) is 0.278. The first-order chi connectivity index (χ1) is 16.0. The minimum Gasteiger partial charge on any atom is -0.317 e. The zero-order valence-electron chi connectivity index (χ0n) is 17.7. The Morgan fingerprint density at radius 3 is 2.36 bits per heavy atom. The van der Waals surface area contributed by atoms with Crippen LogP contribution in [0.2, 0.25) is 0 Å². The van der Waals surface area contributed by atoms with Crippen LogP contribution in [0.4, 0.5) is 10.1 Å². The fourth-order valence-electron chi connectivity index (χ4n) is 3.13. The highest BCUT2D eigenvalue weighted by Crippen LogP contribution is 2.23. The topological polar surface area (TPSA) is 88.4 Å². The molecule has 2 N–H and O–H groups in total. The van der Waals surface area contributed by atoms with Crippen molar-refractivity contribution in [2.75, 3.05) is 5.32 Å². The molecule has 0 aliphatic carbocycles. The maximum Gasteiger partial charge on any atom is 0.329 e. The second kappa shape index (κ2) is 9.69. The van der Waals surface area contributed by atoms with Crippen LogP contribution in [-0.2, 0) is 9.59 Å². The van der Waals surface area contributed by atoms with Gasteiger partial charge in [-0.1, -0.05) is 36.4 Å². The molecule has 164 valence electrons. The van der Waals surface area contributed by atoms with E-state index >= 15 is 0 Å². The summed E-state index contributed by atoms with van der Waals surface area (Å²) in [5.41, 5.74) is 6.22. The van der Waals surface area contributed by atoms with E-state index in [9.17, 15) is 14.0 Å². The largest absolute Gasteiger partial charge is 0.329 e. The Hall–Kier alpha value is -4.59. The minimum absolute atomic E-state index is 0.358. The van der Waals surface area contributed by atoms with Crippen LogP contribution >= 0.6 is 0 Å². The number of benzene rings is 3. The average Bonchev–Trinajstić information content (AvgIpc) is 3.25. The molecule has 0 spiro atoms. The van der Waals surface area contributed by atoms with Crippen molar-refractivity contribution in [3.8, 4) is 16.9 Å². The maximum absolute atomic E-state index is 13.4. The van der Waals surface area contributed by atoms with Crippen LogP contribution in [0.25, 0.3) is 16.9 Å². The summed E-state index contributed by atoms with van der Waals surface area (Å²) in [4.78, 5) is 24.3. The van der Waals surface area contributed by atoms with E-state index in [1.54, 1.807) is 35.1 Å². The van der Waals surface area contributed by atoms with Crippen molar-refractivity contribution in [3.05, 3.63) is 102 Å². The van der Waals surface area contributed by atoms with Crippen LogP contribution in [0.5, 0.6) is 0 Å². The standard InChI is InChI=1S/C25H20FN5O2/c1-17-7-5-6-10-22(17)28-24(32)25(33)29-27-15-19-16-31(21-8-3-2-4-9-21)30-23(19)18-11-13-20(26)14-12-18/h2-16H,1H3,(H,28,32)(H,29,33)/b27-15+. The molecule has 0 radical (unpaired) electrons. The number of hydrogen-bond acceptors (Lipinski definition) is 4. The molecular formula is C25H20FN5O2. The first-order valence-electron chi connectivity index (χ1n) is 10.1. The number of aryl methyl sites for hydroxylation is 1. The number of anilines is 1. The summed E-state index contributed by atoms with van der Waals surface area (Å²) in [6, 6.07) is 22.5. The molecule has 1 aromatic heterocycles. The lowest BCUT2D eigenvalue weighted by atomic mass is 10.1. The van der Waals surface area contributed by atoms with E-state index in [-0.39, 0.29) is 5.82 Å². The van der Waals surface area contributed by atoms with Gasteiger partial charge in [-0.2, -0.15) is 10.2 Å². The van der Waals surface area contributed by atoms with Crippen molar-refractivity contribution in [2.45, 2.75) is 6.92 Å². The summed E-state index contributed by atoms with van der Waals surface area (Å²) in [5, 5.41) is 11.1. The third-order valence-corrected chi connectivity index (χ3v) is 4.85. The highest BCUT2D eigenvalue weighted by molar-refractivity contribution is 6.39. The van der Waals surface area contributed by atoms with Gasteiger partial charge in [-0.05, 0) is 55.0 Å². The summed E-state index contributed by atoms with van der Waals surface area (Å²) in [5.74, 6) is -2.10. The summed E-state index contributed by atoms with van der Waals surface area (Å²) >= 11 is 0. The van der Waals surface area contributed by atoms with E-state index in [0.717, 1.165) is 11.3 Å². The molecule has 4 rings (SSSR count). The molecule has 2 amide bonds. The number of aromatic nitrogens is 2. The van der Waals surface area contributed by atoms with E-state index in [1.165, 1.54) is 18.3 Å². The van der Waals surface area contributed by atoms with Crippen LogP contribution in [0.15, 0.2) is 90.2 Å². The molecule has 0 fully saturated rings. The zero-order valence-corrected chi connectivity index (χ0v) is 17.7. The number of halogens is 1. The lowest BCUT2D eigenvalue weighted by Gasteiger charge is -2.06. The second-order valence-electron chi connectivity index (χ2n) is 7.19. The number of amides is 2. The highest BCUT2D eigenvalue weighted by atomic mass is 19.1. The number of carbonyl (C=O) groups is 2. The van der Waals surface area contributed by atoms with Gasteiger partial charge in [0.25, 0.3) is 0 Å². The number of hydrogen-bond donors (Lipinski definition) is 2. The predicted molar refractivity (Wildman–Crippen MR) is 125 cm³/mol. The van der Waals surface area contributed by atoms with Crippen molar-refractivity contribution in [1.29, 1.82) is 0 Å². The van der Waals surface area contributed by atoms with E-state index in [4.69, 9.17) is 0 Å². The summed E-state index contributed by atoms with van der Waals surface area (Å²) in [7, 11) is 0. The van der Waals surface area contributed by atoms with Gasteiger partial charge in [-0.15, -0.1) is 0 Å². The number of hydrazone groups is 1. The molecule has 7 nitrogen and oxygen atoms in total. The molecule has 3 aromatic carbocycles. The molecule has 1 heterocycles. The van der Waals surface area contributed by atoms with E-state index in [2.05, 4.69) is 20.9 Å². The molecule has 0 aliphatic rings. The Labute approximate surface area is 189 Å².